The fourth-order valence-electron chi connectivity index (χ4n) is 4.39. The smallest absolute Gasteiger partial charge is 0.338 e. The second kappa shape index (κ2) is 8.71. The highest BCUT2D eigenvalue weighted by Crippen LogP contribution is 2.40. The number of ketones is 1. The van der Waals surface area contributed by atoms with Crippen LogP contribution in [0.1, 0.15) is 33.2 Å². The van der Waals surface area contributed by atoms with Crippen molar-refractivity contribution >= 4 is 33.3 Å². The molecule has 0 heterocycles. The zero-order valence-electron chi connectivity index (χ0n) is 18.2. The van der Waals surface area contributed by atoms with Crippen LogP contribution < -0.4 is 0 Å². The summed E-state index contributed by atoms with van der Waals surface area (Å²) in [5.41, 5.74) is 3.09. The molecular formula is C30H22O3. The van der Waals surface area contributed by atoms with E-state index in [1.807, 2.05) is 97.1 Å². The highest BCUT2D eigenvalue weighted by molar-refractivity contribution is 6.21. The van der Waals surface area contributed by atoms with Crippen LogP contribution in [0.15, 0.2) is 103 Å². The summed E-state index contributed by atoms with van der Waals surface area (Å²) >= 11 is 0. The van der Waals surface area contributed by atoms with Crippen LogP contribution in [-0.4, -0.2) is 18.4 Å². The second-order valence-corrected chi connectivity index (χ2v) is 7.83. The molecule has 0 atom stereocenters. The van der Waals surface area contributed by atoms with E-state index in [0.29, 0.717) is 16.7 Å². The Hall–Kier alpha value is -4.24. The summed E-state index contributed by atoms with van der Waals surface area (Å²) in [4.78, 5) is 26.8. The standard InChI is InChI=1S/C30H22O3/c1-2-33-30(32)26-19-17-21-11-7-9-15-24(21)28(26)27-23-14-8-6-10-20(23)16-18-25(27)29(31)22-12-4-3-5-13-22/h3-19H,2H2,1H3. The maximum atomic E-state index is 13.7. The topological polar surface area (TPSA) is 43.4 Å². The maximum absolute atomic E-state index is 13.7. The third-order valence-corrected chi connectivity index (χ3v) is 5.88. The quantitative estimate of drug-likeness (QED) is 0.221. The fourth-order valence-corrected chi connectivity index (χ4v) is 4.39. The number of hydrogen-bond donors (Lipinski definition) is 0. The SMILES string of the molecule is CCOC(=O)c1ccc2ccccc2c1-c1c(C(=O)c2ccccc2)ccc2ccccc12. The molecule has 0 aromatic heterocycles. The van der Waals surface area contributed by atoms with Crippen LogP contribution in [0, 0.1) is 0 Å². The summed E-state index contributed by atoms with van der Waals surface area (Å²) in [5, 5.41) is 3.81. The van der Waals surface area contributed by atoms with Gasteiger partial charge >= 0.3 is 5.97 Å². The van der Waals surface area contributed by atoms with Crippen LogP contribution in [-0.2, 0) is 4.74 Å². The Morgan fingerprint density at radius 1 is 0.606 bits per heavy atom. The highest BCUT2D eigenvalue weighted by atomic mass is 16.5. The summed E-state index contributed by atoms with van der Waals surface area (Å²) in [6.45, 7) is 2.07. The lowest BCUT2D eigenvalue weighted by Gasteiger charge is -2.18. The van der Waals surface area contributed by atoms with E-state index in [4.69, 9.17) is 4.74 Å². The molecule has 33 heavy (non-hydrogen) atoms. The number of ether oxygens (including phenoxy) is 1. The number of carbonyl (C=O) groups excluding carboxylic acids is 2. The van der Waals surface area contributed by atoms with E-state index in [-0.39, 0.29) is 12.4 Å². The van der Waals surface area contributed by atoms with Gasteiger partial charge in [0.25, 0.3) is 0 Å². The van der Waals surface area contributed by atoms with Gasteiger partial charge in [-0.2, -0.15) is 0 Å². The molecule has 0 N–H and O–H groups in total. The monoisotopic (exact) mass is 430 g/mol. The van der Waals surface area contributed by atoms with Crippen molar-refractivity contribution in [3.05, 3.63) is 120 Å². The van der Waals surface area contributed by atoms with Crippen LogP contribution in [0.25, 0.3) is 32.7 Å². The summed E-state index contributed by atoms with van der Waals surface area (Å²) in [6.07, 6.45) is 0. The number of esters is 1. The lowest BCUT2D eigenvalue weighted by Crippen LogP contribution is -2.10. The van der Waals surface area contributed by atoms with E-state index in [2.05, 4.69) is 0 Å². The number of carbonyl (C=O) groups is 2. The first kappa shape index (κ1) is 20.7. The van der Waals surface area contributed by atoms with Crippen LogP contribution >= 0.6 is 0 Å². The molecule has 3 heteroatoms. The molecule has 0 saturated heterocycles. The molecule has 0 radical (unpaired) electrons. The van der Waals surface area contributed by atoms with Gasteiger partial charge in [-0.1, -0.05) is 91.0 Å². The Labute approximate surface area is 192 Å². The molecule has 3 nitrogen and oxygen atoms in total. The molecule has 0 spiro atoms. The van der Waals surface area contributed by atoms with E-state index in [0.717, 1.165) is 32.7 Å². The van der Waals surface area contributed by atoms with E-state index in [1.165, 1.54) is 0 Å². The minimum absolute atomic E-state index is 0.0842. The molecule has 0 amide bonds. The molecule has 5 aromatic carbocycles. The molecule has 0 unspecified atom stereocenters. The molecular weight excluding hydrogens is 408 g/mol. The van der Waals surface area contributed by atoms with Crippen molar-refractivity contribution in [3.8, 4) is 11.1 Å². The Bertz CT molecular complexity index is 1500. The molecule has 5 aromatic rings. The first-order valence-corrected chi connectivity index (χ1v) is 11.0. The highest BCUT2D eigenvalue weighted by Gasteiger charge is 2.24. The number of fused-ring (bicyclic) bond motifs is 2. The predicted octanol–water partition coefficient (Wildman–Crippen LogP) is 7.07. The predicted molar refractivity (Wildman–Crippen MR) is 133 cm³/mol. The van der Waals surface area contributed by atoms with Crippen molar-refractivity contribution in [1.29, 1.82) is 0 Å². The van der Waals surface area contributed by atoms with Crippen LogP contribution in [0.5, 0.6) is 0 Å². The van der Waals surface area contributed by atoms with E-state index >= 15 is 0 Å². The molecule has 0 bridgehead atoms. The van der Waals surface area contributed by atoms with Gasteiger partial charge in [0.15, 0.2) is 5.78 Å². The molecule has 5 rings (SSSR count). The Balaban J connectivity index is 1.92. The van der Waals surface area contributed by atoms with Crippen molar-refractivity contribution in [1.82, 2.24) is 0 Å². The first-order valence-electron chi connectivity index (χ1n) is 11.0. The summed E-state index contributed by atoms with van der Waals surface area (Å²) in [5.74, 6) is -0.483. The van der Waals surface area contributed by atoms with Gasteiger partial charge < -0.3 is 4.74 Å². The Morgan fingerprint density at radius 3 is 1.73 bits per heavy atom. The minimum Gasteiger partial charge on any atom is -0.462 e. The Kier molecular flexibility index (Phi) is 5.45. The molecule has 160 valence electrons. The maximum Gasteiger partial charge on any atom is 0.338 e. The summed E-state index contributed by atoms with van der Waals surface area (Å²) in [6, 6.07) is 32.7. The molecule has 0 fully saturated rings. The van der Waals surface area contributed by atoms with Gasteiger partial charge in [-0.05, 0) is 40.6 Å². The lowest BCUT2D eigenvalue weighted by atomic mass is 9.85. The molecule has 0 aliphatic heterocycles. The van der Waals surface area contributed by atoms with Gasteiger partial charge in [-0.15, -0.1) is 0 Å². The number of rotatable bonds is 5. The molecule has 0 saturated carbocycles. The zero-order valence-corrected chi connectivity index (χ0v) is 18.2. The average molecular weight is 431 g/mol. The normalized spacial score (nSPS) is 10.9. The van der Waals surface area contributed by atoms with E-state index in [1.54, 1.807) is 13.0 Å². The first-order chi connectivity index (χ1) is 16.2. The van der Waals surface area contributed by atoms with Crippen molar-refractivity contribution in [2.45, 2.75) is 6.92 Å². The average Bonchev–Trinajstić information content (AvgIpc) is 2.87. The molecule has 0 aliphatic rings. The number of benzene rings is 5. The van der Waals surface area contributed by atoms with Gasteiger partial charge in [-0.25, -0.2) is 4.79 Å². The van der Waals surface area contributed by atoms with Crippen molar-refractivity contribution in [2.24, 2.45) is 0 Å². The third kappa shape index (κ3) is 3.68. The second-order valence-electron chi connectivity index (χ2n) is 7.83. The molecule has 0 aliphatic carbocycles. The fraction of sp³-hybridized carbons (Fsp3) is 0.0667. The van der Waals surface area contributed by atoms with Gasteiger partial charge in [0.1, 0.15) is 0 Å². The third-order valence-electron chi connectivity index (χ3n) is 5.88. The van der Waals surface area contributed by atoms with Crippen LogP contribution in [0.2, 0.25) is 0 Å². The van der Waals surface area contributed by atoms with Crippen molar-refractivity contribution in [3.63, 3.8) is 0 Å². The van der Waals surface area contributed by atoms with Gasteiger partial charge in [-0.3, -0.25) is 4.79 Å². The van der Waals surface area contributed by atoms with Crippen molar-refractivity contribution in [2.75, 3.05) is 6.61 Å². The van der Waals surface area contributed by atoms with Gasteiger partial charge in [0.05, 0.1) is 12.2 Å². The largest absolute Gasteiger partial charge is 0.462 e. The van der Waals surface area contributed by atoms with E-state index in [9.17, 15) is 9.59 Å². The van der Waals surface area contributed by atoms with Crippen LogP contribution in [0.4, 0.5) is 0 Å². The minimum atomic E-state index is -0.399. The number of hydrogen-bond acceptors (Lipinski definition) is 3. The summed E-state index contributed by atoms with van der Waals surface area (Å²) in [7, 11) is 0. The van der Waals surface area contributed by atoms with Crippen molar-refractivity contribution < 1.29 is 14.3 Å². The summed E-state index contributed by atoms with van der Waals surface area (Å²) < 4.78 is 5.41. The Morgan fingerprint density at radius 2 is 1.12 bits per heavy atom. The van der Waals surface area contributed by atoms with Gasteiger partial charge in [0, 0.05) is 22.3 Å². The van der Waals surface area contributed by atoms with Gasteiger partial charge in [0.2, 0.25) is 0 Å². The van der Waals surface area contributed by atoms with Crippen LogP contribution in [0.3, 0.4) is 0 Å². The van der Waals surface area contributed by atoms with E-state index < -0.39 is 5.97 Å². The zero-order chi connectivity index (χ0) is 22.8. The lowest BCUT2D eigenvalue weighted by molar-refractivity contribution is 0.0527.